The molecule has 21 heavy (non-hydrogen) atoms. The molecule has 0 spiro atoms. The lowest BCUT2D eigenvalue weighted by Crippen LogP contribution is -2.12. The van der Waals surface area contributed by atoms with Crippen LogP contribution in [0.1, 0.15) is 28.7 Å². The topological polar surface area (TPSA) is 33.1 Å². The Balaban J connectivity index is 2.05. The second-order valence-electron chi connectivity index (χ2n) is 5.03. The average molecular weight is 275 g/mol. The second-order valence-corrected chi connectivity index (χ2v) is 5.03. The standard InChI is InChI=1S/C19H17NO/c21-19(16-10-5-2-6-11-16)18(15-8-3-1-4-9-15)17-12-7-13-20-14-17/h1-14,18-19,21H/t18-,19-/m0/s1. The van der Waals surface area contributed by atoms with Crippen LogP contribution in [-0.4, -0.2) is 10.1 Å². The van der Waals surface area contributed by atoms with Gasteiger partial charge in [-0.25, -0.2) is 0 Å². The molecule has 1 heterocycles. The van der Waals surface area contributed by atoms with Crippen LogP contribution in [0.5, 0.6) is 0 Å². The molecule has 3 rings (SSSR count). The van der Waals surface area contributed by atoms with E-state index in [1.807, 2.05) is 79.0 Å². The van der Waals surface area contributed by atoms with E-state index in [4.69, 9.17) is 0 Å². The molecule has 0 aliphatic heterocycles. The van der Waals surface area contributed by atoms with Gasteiger partial charge in [0.15, 0.2) is 0 Å². The maximum absolute atomic E-state index is 10.9. The Bertz CT molecular complexity index is 628. The molecule has 104 valence electrons. The van der Waals surface area contributed by atoms with Gasteiger partial charge in [0.05, 0.1) is 6.10 Å². The fraction of sp³-hybridized carbons (Fsp3) is 0.105. The first kappa shape index (κ1) is 13.5. The number of aliphatic hydroxyl groups is 1. The van der Waals surface area contributed by atoms with Crippen LogP contribution in [0.4, 0.5) is 0 Å². The first-order chi connectivity index (χ1) is 10.4. The number of hydrogen-bond donors (Lipinski definition) is 1. The van der Waals surface area contributed by atoms with E-state index in [1.165, 1.54) is 0 Å². The van der Waals surface area contributed by atoms with Crippen molar-refractivity contribution in [3.05, 3.63) is 102 Å². The number of nitrogens with zero attached hydrogens (tertiary/aromatic N) is 1. The molecule has 2 heteroatoms. The maximum atomic E-state index is 10.9. The molecule has 0 radical (unpaired) electrons. The first-order valence-electron chi connectivity index (χ1n) is 7.04. The van der Waals surface area contributed by atoms with E-state index < -0.39 is 6.10 Å². The van der Waals surface area contributed by atoms with Gasteiger partial charge in [-0.2, -0.15) is 0 Å². The van der Waals surface area contributed by atoms with Gasteiger partial charge in [0.25, 0.3) is 0 Å². The summed E-state index contributed by atoms with van der Waals surface area (Å²) in [6, 6.07) is 23.7. The Morgan fingerprint density at radius 3 is 1.81 bits per heavy atom. The second kappa shape index (κ2) is 6.33. The Kier molecular flexibility index (Phi) is 4.08. The first-order valence-corrected chi connectivity index (χ1v) is 7.04. The Morgan fingerprint density at radius 1 is 0.667 bits per heavy atom. The molecule has 2 atom stereocenters. The maximum Gasteiger partial charge on any atom is 0.0899 e. The van der Waals surface area contributed by atoms with Gasteiger partial charge >= 0.3 is 0 Å². The SMILES string of the molecule is O[C@@H](c1ccccc1)[C@@H](c1ccccc1)c1cccnc1. The molecule has 0 aliphatic carbocycles. The van der Waals surface area contributed by atoms with Crippen LogP contribution in [0.25, 0.3) is 0 Å². The van der Waals surface area contributed by atoms with Gasteiger partial charge in [0.1, 0.15) is 0 Å². The van der Waals surface area contributed by atoms with Gasteiger partial charge in [0.2, 0.25) is 0 Å². The lowest BCUT2D eigenvalue weighted by molar-refractivity contribution is 0.159. The summed E-state index contributed by atoms with van der Waals surface area (Å²) in [5, 5.41) is 10.9. The Morgan fingerprint density at radius 2 is 1.24 bits per heavy atom. The van der Waals surface area contributed by atoms with Crippen LogP contribution in [0.2, 0.25) is 0 Å². The molecule has 2 aromatic carbocycles. The highest BCUT2D eigenvalue weighted by Gasteiger charge is 2.24. The molecule has 2 nitrogen and oxygen atoms in total. The van der Waals surface area contributed by atoms with E-state index in [1.54, 1.807) is 6.20 Å². The van der Waals surface area contributed by atoms with Crippen LogP contribution in [0, 0.1) is 0 Å². The quantitative estimate of drug-likeness (QED) is 0.782. The molecular weight excluding hydrogens is 258 g/mol. The normalized spacial score (nSPS) is 13.6. The molecular formula is C19H17NO. The van der Waals surface area contributed by atoms with Gasteiger partial charge in [-0.1, -0.05) is 66.7 Å². The van der Waals surface area contributed by atoms with E-state index in [9.17, 15) is 5.11 Å². The van der Waals surface area contributed by atoms with E-state index in [0.717, 1.165) is 16.7 Å². The van der Waals surface area contributed by atoms with Crippen molar-refractivity contribution in [2.45, 2.75) is 12.0 Å². The van der Waals surface area contributed by atoms with Crippen molar-refractivity contribution < 1.29 is 5.11 Å². The van der Waals surface area contributed by atoms with Gasteiger partial charge in [-0.3, -0.25) is 4.98 Å². The lowest BCUT2D eigenvalue weighted by Gasteiger charge is -2.24. The van der Waals surface area contributed by atoms with Crippen molar-refractivity contribution in [3.8, 4) is 0 Å². The van der Waals surface area contributed by atoms with Crippen molar-refractivity contribution in [2.24, 2.45) is 0 Å². The van der Waals surface area contributed by atoms with Crippen molar-refractivity contribution in [3.63, 3.8) is 0 Å². The molecule has 0 amide bonds. The minimum absolute atomic E-state index is 0.123. The summed E-state index contributed by atoms with van der Waals surface area (Å²) >= 11 is 0. The Hall–Kier alpha value is -2.45. The molecule has 0 saturated carbocycles. The summed E-state index contributed by atoms with van der Waals surface area (Å²) in [6.45, 7) is 0. The van der Waals surface area contributed by atoms with E-state index in [-0.39, 0.29) is 5.92 Å². The minimum atomic E-state index is -0.599. The van der Waals surface area contributed by atoms with Crippen LogP contribution in [0.15, 0.2) is 85.2 Å². The summed E-state index contributed by atoms with van der Waals surface area (Å²) in [5.74, 6) is -0.123. The minimum Gasteiger partial charge on any atom is -0.387 e. The predicted octanol–water partition coefficient (Wildman–Crippen LogP) is 3.95. The number of rotatable bonds is 4. The van der Waals surface area contributed by atoms with Crippen molar-refractivity contribution in [1.29, 1.82) is 0 Å². The number of aromatic nitrogens is 1. The van der Waals surface area contributed by atoms with E-state index >= 15 is 0 Å². The number of benzene rings is 2. The summed E-state index contributed by atoms with van der Waals surface area (Å²) < 4.78 is 0. The number of aliphatic hydroxyl groups excluding tert-OH is 1. The highest BCUT2D eigenvalue weighted by Crippen LogP contribution is 2.36. The largest absolute Gasteiger partial charge is 0.387 e. The number of pyridine rings is 1. The van der Waals surface area contributed by atoms with Gasteiger partial charge in [-0.05, 0) is 22.8 Å². The van der Waals surface area contributed by atoms with Gasteiger partial charge in [0, 0.05) is 18.3 Å². The van der Waals surface area contributed by atoms with Gasteiger partial charge < -0.3 is 5.11 Å². The molecule has 3 aromatic rings. The number of hydrogen-bond acceptors (Lipinski definition) is 2. The Labute approximate surface area is 124 Å². The van der Waals surface area contributed by atoms with Gasteiger partial charge in [-0.15, -0.1) is 0 Å². The highest BCUT2D eigenvalue weighted by molar-refractivity contribution is 5.35. The van der Waals surface area contributed by atoms with Crippen LogP contribution in [-0.2, 0) is 0 Å². The summed E-state index contributed by atoms with van der Waals surface area (Å²) in [4.78, 5) is 4.20. The third-order valence-corrected chi connectivity index (χ3v) is 3.66. The zero-order valence-corrected chi connectivity index (χ0v) is 11.6. The van der Waals surface area contributed by atoms with E-state index in [2.05, 4.69) is 4.98 Å². The molecule has 1 N–H and O–H groups in total. The molecule has 0 fully saturated rings. The van der Waals surface area contributed by atoms with Crippen LogP contribution < -0.4 is 0 Å². The predicted molar refractivity (Wildman–Crippen MR) is 83.9 cm³/mol. The third kappa shape index (κ3) is 3.01. The monoisotopic (exact) mass is 275 g/mol. The molecule has 0 bridgehead atoms. The average Bonchev–Trinajstić information content (AvgIpc) is 2.58. The summed E-state index contributed by atoms with van der Waals surface area (Å²) in [7, 11) is 0. The fourth-order valence-electron chi connectivity index (χ4n) is 2.62. The van der Waals surface area contributed by atoms with E-state index in [0.29, 0.717) is 0 Å². The highest BCUT2D eigenvalue weighted by atomic mass is 16.3. The molecule has 0 unspecified atom stereocenters. The fourth-order valence-corrected chi connectivity index (χ4v) is 2.62. The summed E-state index contributed by atoms with van der Waals surface area (Å²) in [6.07, 6.45) is 2.97. The molecule has 0 saturated heterocycles. The smallest absolute Gasteiger partial charge is 0.0899 e. The van der Waals surface area contributed by atoms with Crippen molar-refractivity contribution in [2.75, 3.05) is 0 Å². The van der Waals surface area contributed by atoms with Crippen molar-refractivity contribution in [1.82, 2.24) is 4.98 Å². The summed E-state index contributed by atoms with van der Waals surface area (Å²) in [5.41, 5.74) is 3.01. The zero-order chi connectivity index (χ0) is 14.5. The third-order valence-electron chi connectivity index (χ3n) is 3.66. The van der Waals surface area contributed by atoms with Crippen molar-refractivity contribution >= 4 is 0 Å². The lowest BCUT2D eigenvalue weighted by atomic mass is 9.84. The van der Waals surface area contributed by atoms with Crippen LogP contribution >= 0.6 is 0 Å². The zero-order valence-electron chi connectivity index (χ0n) is 11.6. The van der Waals surface area contributed by atoms with Crippen LogP contribution in [0.3, 0.4) is 0 Å². The molecule has 1 aromatic heterocycles. The molecule has 0 aliphatic rings.